The Balaban J connectivity index is 0.000000298. The first-order valence-corrected chi connectivity index (χ1v) is 8.06. The third kappa shape index (κ3) is 5.89. The van der Waals surface area contributed by atoms with Gasteiger partial charge in [0.2, 0.25) is 0 Å². The van der Waals surface area contributed by atoms with Gasteiger partial charge in [-0.05, 0) is 30.5 Å². The quantitative estimate of drug-likeness (QED) is 0.864. The summed E-state index contributed by atoms with van der Waals surface area (Å²) in [5.41, 5.74) is 1.28. The lowest BCUT2D eigenvalue weighted by molar-refractivity contribution is -0.192. The van der Waals surface area contributed by atoms with Crippen molar-refractivity contribution >= 4 is 5.97 Å². The molecule has 5 nitrogen and oxygen atoms in total. The first-order chi connectivity index (χ1) is 12.3. The van der Waals surface area contributed by atoms with E-state index in [4.69, 9.17) is 14.3 Å². The van der Waals surface area contributed by atoms with Gasteiger partial charge in [-0.2, -0.15) is 13.2 Å². The van der Waals surface area contributed by atoms with E-state index in [1.165, 1.54) is 5.56 Å². The highest BCUT2D eigenvalue weighted by Crippen LogP contribution is 2.24. The van der Waals surface area contributed by atoms with Gasteiger partial charge in [-0.15, -0.1) is 0 Å². The number of carboxylic acid groups (broad SMARTS) is 1. The standard InChI is InChI=1S/C16H19NO2.C2HF3O2/c18-16-8-9-17(12-14-7-4-10-19-14)15(16)11-13-5-2-1-3-6-13;3-2(4,5)1(6)7/h1-7,10,15-16,18H,8-9,11-12H2;(H,6,7)/t15-,16+;/m0./s1. The minimum Gasteiger partial charge on any atom is -0.475 e. The second kappa shape index (κ2) is 8.86. The molecular weight excluding hydrogens is 351 g/mol. The van der Waals surface area contributed by atoms with E-state index in [-0.39, 0.29) is 12.1 Å². The summed E-state index contributed by atoms with van der Waals surface area (Å²) in [7, 11) is 0. The molecule has 2 atom stereocenters. The molecule has 142 valence electrons. The van der Waals surface area contributed by atoms with Gasteiger partial charge in [-0.1, -0.05) is 30.3 Å². The molecule has 1 aromatic carbocycles. The molecule has 26 heavy (non-hydrogen) atoms. The average molecular weight is 371 g/mol. The van der Waals surface area contributed by atoms with Crippen LogP contribution in [0.5, 0.6) is 0 Å². The molecule has 1 saturated heterocycles. The van der Waals surface area contributed by atoms with Crippen LogP contribution in [0.15, 0.2) is 53.1 Å². The molecule has 1 aliphatic rings. The zero-order chi connectivity index (χ0) is 19.2. The predicted octanol–water partition coefficient (Wildman–Crippen LogP) is 3.09. The molecule has 2 aromatic rings. The zero-order valence-electron chi connectivity index (χ0n) is 13.9. The third-order valence-corrected chi connectivity index (χ3v) is 4.09. The second-order valence-corrected chi connectivity index (χ2v) is 5.97. The van der Waals surface area contributed by atoms with Crippen LogP contribution in [0.2, 0.25) is 0 Å². The van der Waals surface area contributed by atoms with Crippen molar-refractivity contribution in [2.45, 2.75) is 37.7 Å². The Morgan fingerprint density at radius 1 is 1.19 bits per heavy atom. The molecule has 2 N–H and O–H groups in total. The highest BCUT2D eigenvalue weighted by atomic mass is 19.4. The van der Waals surface area contributed by atoms with Crippen molar-refractivity contribution in [3.63, 3.8) is 0 Å². The predicted molar refractivity (Wildman–Crippen MR) is 87.4 cm³/mol. The Kier molecular flexibility index (Phi) is 6.82. The number of halogens is 3. The molecule has 1 aromatic heterocycles. The van der Waals surface area contributed by atoms with Crippen molar-refractivity contribution in [3.8, 4) is 0 Å². The number of hydrogen-bond acceptors (Lipinski definition) is 4. The molecule has 0 radical (unpaired) electrons. The smallest absolute Gasteiger partial charge is 0.475 e. The van der Waals surface area contributed by atoms with Crippen molar-refractivity contribution < 1.29 is 32.6 Å². The van der Waals surface area contributed by atoms with Crippen LogP contribution in [0.3, 0.4) is 0 Å². The first-order valence-electron chi connectivity index (χ1n) is 8.06. The monoisotopic (exact) mass is 371 g/mol. The number of benzene rings is 1. The van der Waals surface area contributed by atoms with Crippen molar-refractivity contribution in [3.05, 3.63) is 60.1 Å². The summed E-state index contributed by atoms with van der Waals surface area (Å²) in [5.74, 6) is -1.79. The van der Waals surface area contributed by atoms with Crippen molar-refractivity contribution in [2.75, 3.05) is 6.54 Å². The van der Waals surface area contributed by atoms with E-state index in [1.54, 1.807) is 6.26 Å². The Morgan fingerprint density at radius 3 is 2.38 bits per heavy atom. The molecule has 3 rings (SSSR count). The minimum absolute atomic E-state index is 0.187. The summed E-state index contributed by atoms with van der Waals surface area (Å²) in [6, 6.07) is 14.5. The fourth-order valence-corrected chi connectivity index (χ4v) is 2.82. The van der Waals surface area contributed by atoms with Gasteiger partial charge in [0.25, 0.3) is 0 Å². The third-order valence-electron chi connectivity index (χ3n) is 4.09. The van der Waals surface area contributed by atoms with Crippen LogP contribution in [-0.4, -0.2) is 45.9 Å². The molecule has 0 amide bonds. The number of aliphatic carboxylic acids is 1. The molecule has 0 aliphatic carbocycles. The maximum absolute atomic E-state index is 10.6. The molecule has 0 unspecified atom stereocenters. The highest BCUT2D eigenvalue weighted by molar-refractivity contribution is 5.73. The van der Waals surface area contributed by atoms with Crippen molar-refractivity contribution in [2.24, 2.45) is 0 Å². The lowest BCUT2D eigenvalue weighted by Gasteiger charge is -2.25. The van der Waals surface area contributed by atoms with Crippen LogP contribution < -0.4 is 0 Å². The number of carboxylic acids is 1. The zero-order valence-corrected chi connectivity index (χ0v) is 13.9. The normalized spacial score (nSPS) is 20.5. The lowest BCUT2D eigenvalue weighted by Crippen LogP contribution is -2.36. The summed E-state index contributed by atoms with van der Waals surface area (Å²) in [4.78, 5) is 11.2. The van der Waals surface area contributed by atoms with Gasteiger partial charge >= 0.3 is 12.1 Å². The Bertz CT molecular complexity index is 673. The van der Waals surface area contributed by atoms with Crippen molar-refractivity contribution in [1.82, 2.24) is 4.90 Å². The van der Waals surface area contributed by atoms with Gasteiger partial charge < -0.3 is 14.6 Å². The SMILES string of the molecule is O=C(O)C(F)(F)F.O[C@@H]1CCN(Cc2ccco2)[C@H]1Cc1ccccc1. The van der Waals surface area contributed by atoms with E-state index < -0.39 is 12.1 Å². The Morgan fingerprint density at radius 2 is 1.85 bits per heavy atom. The van der Waals surface area contributed by atoms with E-state index in [0.717, 1.165) is 31.7 Å². The van der Waals surface area contributed by atoms with Crippen LogP contribution in [-0.2, 0) is 17.8 Å². The molecule has 1 aliphatic heterocycles. The maximum Gasteiger partial charge on any atom is 0.490 e. The summed E-state index contributed by atoms with van der Waals surface area (Å²) in [6.45, 7) is 1.71. The first kappa shape index (κ1) is 20.0. The van der Waals surface area contributed by atoms with Crippen LogP contribution in [0, 0.1) is 0 Å². The van der Waals surface area contributed by atoms with Crippen LogP contribution in [0.25, 0.3) is 0 Å². The number of furan rings is 1. The summed E-state index contributed by atoms with van der Waals surface area (Å²) >= 11 is 0. The Labute approximate surface area is 148 Å². The van der Waals surface area contributed by atoms with Gasteiger partial charge in [-0.3, -0.25) is 4.90 Å². The summed E-state index contributed by atoms with van der Waals surface area (Å²) in [5, 5.41) is 17.3. The number of nitrogens with zero attached hydrogens (tertiary/aromatic N) is 1. The number of aliphatic hydroxyl groups excluding tert-OH is 1. The largest absolute Gasteiger partial charge is 0.490 e. The molecule has 2 heterocycles. The van der Waals surface area contributed by atoms with Crippen LogP contribution in [0.1, 0.15) is 17.7 Å². The van der Waals surface area contributed by atoms with E-state index >= 15 is 0 Å². The second-order valence-electron chi connectivity index (χ2n) is 5.97. The number of alkyl halides is 3. The maximum atomic E-state index is 10.6. The molecule has 0 spiro atoms. The van der Waals surface area contributed by atoms with E-state index in [9.17, 15) is 18.3 Å². The van der Waals surface area contributed by atoms with Gasteiger partial charge in [0, 0.05) is 12.6 Å². The highest BCUT2D eigenvalue weighted by Gasteiger charge is 2.38. The van der Waals surface area contributed by atoms with Gasteiger partial charge in [0.05, 0.1) is 18.9 Å². The van der Waals surface area contributed by atoms with Gasteiger partial charge in [0.15, 0.2) is 0 Å². The van der Waals surface area contributed by atoms with E-state index in [2.05, 4.69) is 17.0 Å². The molecule has 0 saturated carbocycles. The molecule has 1 fully saturated rings. The number of aliphatic hydroxyl groups is 1. The fourth-order valence-electron chi connectivity index (χ4n) is 2.82. The van der Waals surface area contributed by atoms with Gasteiger partial charge in [0.1, 0.15) is 5.76 Å². The average Bonchev–Trinajstić information content (AvgIpc) is 3.21. The summed E-state index contributed by atoms with van der Waals surface area (Å²) < 4.78 is 37.1. The minimum atomic E-state index is -5.08. The molecule has 0 bridgehead atoms. The van der Waals surface area contributed by atoms with Crippen molar-refractivity contribution in [1.29, 1.82) is 0 Å². The summed E-state index contributed by atoms with van der Waals surface area (Å²) in [6.07, 6.45) is -1.88. The lowest BCUT2D eigenvalue weighted by atomic mass is 10.0. The molecule has 8 heteroatoms. The van der Waals surface area contributed by atoms with Crippen LogP contribution >= 0.6 is 0 Å². The number of hydrogen-bond donors (Lipinski definition) is 2. The van der Waals surface area contributed by atoms with Crippen LogP contribution in [0.4, 0.5) is 13.2 Å². The van der Waals surface area contributed by atoms with Gasteiger partial charge in [-0.25, -0.2) is 4.79 Å². The number of rotatable bonds is 4. The molecular formula is C18H20F3NO4. The van der Waals surface area contributed by atoms with E-state index in [1.807, 2.05) is 30.3 Å². The topological polar surface area (TPSA) is 73.9 Å². The Hall–Kier alpha value is -2.32. The number of carbonyl (C=O) groups is 1. The fraction of sp³-hybridized carbons (Fsp3) is 0.389. The number of likely N-dealkylation sites (tertiary alicyclic amines) is 1. The van der Waals surface area contributed by atoms with E-state index in [0.29, 0.717) is 0 Å².